The summed E-state index contributed by atoms with van der Waals surface area (Å²) in [5.74, 6) is -3.66. The second-order valence-corrected chi connectivity index (χ2v) is 11.0. The maximum atomic E-state index is 13.7. The Morgan fingerprint density at radius 1 is 0.923 bits per heavy atom. The molecule has 0 spiro atoms. The van der Waals surface area contributed by atoms with E-state index in [1.165, 1.54) is 47.7 Å². The number of benzene rings is 2. The molecule has 2 heterocycles. The number of hydrogen-bond acceptors (Lipinski definition) is 7. The minimum atomic E-state index is -0.725. The van der Waals surface area contributed by atoms with Gasteiger partial charge in [-0.15, -0.1) is 11.3 Å². The van der Waals surface area contributed by atoms with E-state index < -0.39 is 47.9 Å². The van der Waals surface area contributed by atoms with E-state index in [0.717, 1.165) is 16.4 Å². The predicted octanol–water partition coefficient (Wildman–Crippen LogP) is 4.67. The Balaban J connectivity index is 1.26. The van der Waals surface area contributed by atoms with Crippen molar-refractivity contribution in [2.45, 2.75) is 6.42 Å². The normalized spacial score (nSPS) is 22.7. The van der Waals surface area contributed by atoms with Gasteiger partial charge in [0.1, 0.15) is 17.2 Å². The topological polar surface area (TPSA) is 101 Å². The molecule has 0 unspecified atom stereocenters. The van der Waals surface area contributed by atoms with Gasteiger partial charge in [-0.1, -0.05) is 42.0 Å². The molecule has 1 aromatic heterocycles. The van der Waals surface area contributed by atoms with Crippen LogP contribution in [0, 0.1) is 23.7 Å². The summed E-state index contributed by atoms with van der Waals surface area (Å²) in [5, 5.41) is 3.66. The van der Waals surface area contributed by atoms with E-state index >= 15 is 0 Å². The number of amides is 3. The molecular weight excluding hydrogens is 540 g/mol. The number of fused-ring (bicyclic) bond motifs is 5. The van der Waals surface area contributed by atoms with Gasteiger partial charge in [-0.3, -0.25) is 19.2 Å². The van der Waals surface area contributed by atoms with E-state index in [0.29, 0.717) is 4.88 Å². The highest BCUT2D eigenvalue weighted by atomic mass is 35.5. The number of thiophene rings is 1. The summed E-state index contributed by atoms with van der Waals surface area (Å²) in [6.07, 6.45) is 4.65. The Kier molecular flexibility index (Phi) is 6.40. The van der Waals surface area contributed by atoms with Crippen LogP contribution >= 0.6 is 22.9 Å². The second-order valence-electron chi connectivity index (χ2n) is 9.65. The first kappa shape index (κ1) is 25.2. The molecule has 2 aliphatic carbocycles. The number of carbonyl (C=O) groups excluding carboxylic acids is 5. The van der Waals surface area contributed by atoms with Crippen LogP contribution in [0.2, 0.25) is 5.02 Å². The summed E-state index contributed by atoms with van der Waals surface area (Å²) in [4.78, 5) is 66.7. The summed E-state index contributed by atoms with van der Waals surface area (Å²) in [6, 6.07) is 15.5. The van der Waals surface area contributed by atoms with Crippen molar-refractivity contribution in [2.75, 3.05) is 6.54 Å². The lowest BCUT2D eigenvalue weighted by molar-refractivity contribution is -0.154. The number of hydrogen-bond donors (Lipinski definition) is 0. The highest BCUT2D eigenvalue weighted by molar-refractivity contribution is 7.12. The predicted molar refractivity (Wildman–Crippen MR) is 142 cm³/mol. The number of rotatable bonds is 7. The number of imide groups is 1. The number of halogens is 1. The van der Waals surface area contributed by atoms with E-state index in [9.17, 15) is 24.0 Å². The Bertz CT molecular complexity index is 1500. The minimum Gasteiger partial charge on any atom is -0.422 e. The first-order chi connectivity index (χ1) is 18.8. The van der Waals surface area contributed by atoms with Crippen LogP contribution in [0.5, 0.6) is 5.75 Å². The number of carbonyl (C=O) groups is 5. The Hall–Kier alpha value is -4.08. The van der Waals surface area contributed by atoms with Crippen LogP contribution in [-0.2, 0) is 9.59 Å². The molecule has 3 amide bonds. The van der Waals surface area contributed by atoms with E-state index in [-0.39, 0.29) is 33.7 Å². The van der Waals surface area contributed by atoms with Crippen LogP contribution in [0.25, 0.3) is 0 Å². The first-order valence-corrected chi connectivity index (χ1v) is 13.6. The van der Waals surface area contributed by atoms with Crippen molar-refractivity contribution in [3.63, 3.8) is 0 Å². The number of ketones is 1. The molecule has 196 valence electrons. The van der Waals surface area contributed by atoms with Crippen molar-refractivity contribution >= 4 is 52.4 Å². The molecule has 39 heavy (non-hydrogen) atoms. The molecule has 1 saturated heterocycles. The molecule has 3 aliphatic rings. The van der Waals surface area contributed by atoms with Crippen molar-refractivity contribution in [1.29, 1.82) is 0 Å². The third kappa shape index (κ3) is 4.37. The number of Topliss-reactive ketones (excluding diaryl/α,β-unsaturated/α-hetero) is 1. The molecule has 2 bridgehead atoms. The zero-order valence-electron chi connectivity index (χ0n) is 20.4. The second kappa shape index (κ2) is 9.91. The molecular formula is C29H21ClN2O6S. The first-order valence-electron chi connectivity index (χ1n) is 12.3. The minimum absolute atomic E-state index is 0.0566. The van der Waals surface area contributed by atoms with Crippen LogP contribution in [0.4, 0.5) is 0 Å². The summed E-state index contributed by atoms with van der Waals surface area (Å²) in [6.45, 7) is -0.557. The third-order valence-electron chi connectivity index (χ3n) is 7.43. The van der Waals surface area contributed by atoms with E-state index in [1.54, 1.807) is 29.6 Å². The average molecular weight is 561 g/mol. The van der Waals surface area contributed by atoms with Crippen LogP contribution in [-0.4, -0.2) is 46.0 Å². The summed E-state index contributed by atoms with van der Waals surface area (Å²) >= 11 is 7.52. The molecule has 10 heteroatoms. The van der Waals surface area contributed by atoms with Gasteiger partial charge in [0, 0.05) is 5.56 Å². The van der Waals surface area contributed by atoms with Gasteiger partial charge in [-0.05, 0) is 66.1 Å². The largest absolute Gasteiger partial charge is 0.422 e. The van der Waals surface area contributed by atoms with E-state index in [1.807, 2.05) is 12.2 Å². The van der Waals surface area contributed by atoms with E-state index in [2.05, 4.69) is 0 Å². The molecule has 3 aromatic rings. The molecule has 2 fully saturated rings. The number of hydrazine groups is 1. The van der Waals surface area contributed by atoms with Gasteiger partial charge in [0.15, 0.2) is 5.78 Å². The van der Waals surface area contributed by atoms with Crippen molar-refractivity contribution < 1.29 is 28.7 Å². The van der Waals surface area contributed by atoms with Crippen molar-refractivity contribution in [3.05, 3.63) is 99.2 Å². The molecule has 6 rings (SSSR count). The molecule has 1 saturated carbocycles. The summed E-state index contributed by atoms with van der Waals surface area (Å²) in [5.41, 5.74) is 0.283. The fourth-order valence-corrected chi connectivity index (χ4v) is 6.44. The number of esters is 1. The quantitative estimate of drug-likeness (QED) is 0.137. The van der Waals surface area contributed by atoms with Crippen molar-refractivity contribution in [2.24, 2.45) is 23.7 Å². The van der Waals surface area contributed by atoms with Crippen molar-refractivity contribution in [3.8, 4) is 5.75 Å². The van der Waals surface area contributed by atoms with Gasteiger partial charge < -0.3 is 4.74 Å². The highest BCUT2D eigenvalue weighted by Crippen LogP contribution is 2.52. The van der Waals surface area contributed by atoms with Crippen LogP contribution in [0.3, 0.4) is 0 Å². The Morgan fingerprint density at radius 3 is 2.21 bits per heavy atom. The van der Waals surface area contributed by atoms with Crippen LogP contribution in [0.15, 0.2) is 78.2 Å². The number of allylic oxidation sites excluding steroid dienone is 2. The molecule has 8 nitrogen and oxygen atoms in total. The lowest BCUT2D eigenvalue weighted by Crippen LogP contribution is -2.52. The standard InChI is InChI=1S/C29H21ClN2O6S/c30-21-5-2-1-4-20(21)26(34)31(32-27(35)24-17-7-8-18(14-17)25(24)28(32)36)15-22(33)16-9-11-19(12-10-16)38-29(37)23-6-3-13-39-23/h1-13,17-18,24-25H,14-15H2/t17-,18-,24-,25-/m0/s1. The van der Waals surface area contributed by atoms with Gasteiger partial charge >= 0.3 is 5.97 Å². The molecule has 2 aromatic carbocycles. The molecule has 4 atom stereocenters. The van der Waals surface area contributed by atoms with Gasteiger partial charge in [0.05, 0.1) is 22.4 Å². The fraction of sp³-hybridized carbons (Fsp3) is 0.207. The van der Waals surface area contributed by atoms with Crippen LogP contribution < -0.4 is 4.74 Å². The Labute approximate surface area is 232 Å². The van der Waals surface area contributed by atoms with E-state index in [4.69, 9.17) is 16.3 Å². The smallest absolute Gasteiger partial charge is 0.353 e. The van der Waals surface area contributed by atoms with Gasteiger partial charge in [-0.25, -0.2) is 9.80 Å². The number of nitrogens with zero attached hydrogens (tertiary/aromatic N) is 2. The van der Waals surface area contributed by atoms with Gasteiger partial charge in [0.25, 0.3) is 17.7 Å². The monoisotopic (exact) mass is 560 g/mol. The Morgan fingerprint density at radius 2 is 1.59 bits per heavy atom. The van der Waals surface area contributed by atoms with Crippen molar-refractivity contribution in [1.82, 2.24) is 10.0 Å². The fourth-order valence-electron chi connectivity index (χ4n) is 5.62. The highest BCUT2D eigenvalue weighted by Gasteiger charge is 2.61. The summed E-state index contributed by atoms with van der Waals surface area (Å²) in [7, 11) is 0. The SMILES string of the molecule is O=C(CN(C(=O)c1ccccc1Cl)N1C(=O)[C@@H]2[C@@H](C1=O)[C@H]1C=C[C@H]2C1)c1ccc(OC(=O)c2cccs2)cc1. The van der Waals surface area contributed by atoms with Gasteiger partial charge in [-0.2, -0.15) is 5.01 Å². The number of ether oxygens (including phenoxy) is 1. The zero-order chi connectivity index (χ0) is 27.3. The molecule has 0 N–H and O–H groups in total. The molecule has 1 aliphatic heterocycles. The van der Waals surface area contributed by atoms with Gasteiger partial charge in [0.2, 0.25) is 0 Å². The third-order valence-corrected chi connectivity index (χ3v) is 8.61. The lowest BCUT2D eigenvalue weighted by Gasteiger charge is -2.31. The maximum Gasteiger partial charge on any atom is 0.353 e. The maximum absolute atomic E-state index is 13.7. The zero-order valence-corrected chi connectivity index (χ0v) is 21.9. The lowest BCUT2D eigenvalue weighted by atomic mass is 9.85. The summed E-state index contributed by atoms with van der Waals surface area (Å²) < 4.78 is 5.34. The molecule has 0 radical (unpaired) electrons. The average Bonchev–Trinajstić information content (AvgIpc) is 3.74. The van der Waals surface area contributed by atoms with Crippen LogP contribution in [0.1, 0.15) is 36.8 Å².